The monoisotopic (exact) mass is 464 g/mol. The van der Waals surface area contributed by atoms with Gasteiger partial charge in [0.25, 0.3) is 0 Å². The zero-order chi connectivity index (χ0) is 24.2. The van der Waals surface area contributed by atoms with Crippen LogP contribution in [0, 0.1) is 5.82 Å². The number of ether oxygens (including phenoxy) is 3. The molecule has 1 aliphatic rings. The maximum Gasteiger partial charge on any atom is 0.407 e. The van der Waals surface area contributed by atoms with E-state index >= 15 is 0 Å². The molecule has 1 unspecified atom stereocenters. The molecule has 3 rings (SSSR count). The van der Waals surface area contributed by atoms with Gasteiger partial charge in [0.05, 0.1) is 43.1 Å². The number of carbonyl (C=O) groups excluding carboxylic acids is 1. The van der Waals surface area contributed by atoms with Crippen LogP contribution in [0.1, 0.15) is 38.7 Å². The summed E-state index contributed by atoms with van der Waals surface area (Å²) in [5.41, 5.74) is 0.624. The van der Waals surface area contributed by atoms with Gasteiger partial charge in [-0.15, -0.1) is 0 Å². The highest BCUT2D eigenvalue weighted by Gasteiger charge is 2.33. The van der Waals surface area contributed by atoms with Gasteiger partial charge in [0.2, 0.25) is 5.88 Å². The summed E-state index contributed by atoms with van der Waals surface area (Å²) in [7, 11) is 3.08. The van der Waals surface area contributed by atoms with Crippen molar-refractivity contribution in [2.45, 2.75) is 50.9 Å². The Bertz CT molecular complexity index is 968. The first-order valence-electron chi connectivity index (χ1n) is 11.0. The molecule has 33 heavy (non-hydrogen) atoms. The fourth-order valence-electron chi connectivity index (χ4n) is 4.11. The molecule has 0 spiro atoms. The Morgan fingerprint density at radius 3 is 2.76 bits per heavy atom. The summed E-state index contributed by atoms with van der Waals surface area (Å²) in [5.74, 6) is -0.698. The van der Waals surface area contributed by atoms with Crippen molar-refractivity contribution in [1.29, 1.82) is 0 Å². The number of aliphatic hydroxyl groups is 1. The second-order valence-electron chi connectivity index (χ2n) is 9.20. The predicted molar refractivity (Wildman–Crippen MR) is 121 cm³/mol. The number of pyridine rings is 2. The maximum atomic E-state index is 14.9. The number of carbonyl (C=O) groups is 1. The SMILES string of the molecule is COc1ccc2ncc(F)c(C(CO)CN3CC[C@H](NC(=O)OC(C)(C)C)[C@H](OC)C3)c2n1. The highest BCUT2D eigenvalue weighted by atomic mass is 19.1. The van der Waals surface area contributed by atoms with Crippen LogP contribution in [-0.2, 0) is 9.47 Å². The quantitative estimate of drug-likeness (QED) is 0.644. The van der Waals surface area contributed by atoms with Crippen molar-refractivity contribution < 1.29 is 28.5 Å². The van der Waals surface area contributed by atoms with Crippen LogP contribution in [0.2, 0.25) is 0 Å². The smallest absolute Gasteiger partial charge is 0.407 e. The lowest BCUT2D eigenvalue weighted by Gasteiger charge is -2.39. The van der Waals surface area contributed by atoms with E-state index in [1.807, 2.05) is 20.8 Å². The molecule has 2 aromatic heterocycles. The van der Waals surface area contributed by atoms with Crippen LogP contribution in [0.4, 0.5) is 9.18 Å². The number of likely N-dealkylation sites (tertiary alicyclic amines) is 1. The van der Waals surface area contributed by atoms with Crippen molar-refractivity contribution in [3.8, 4) is 5.88 Å². The van der Waals surface area contributed by atoms with E-state index < -0.39 is 23.4 Å². The molecule has 182 valence electrons. The normalized spacial score (nSPS) is 20.5. The number of halogens is 1. The molecule has 3 atom stereocenters. The Hall–Kier alpha value is -2.56. The Kier molecular flexibility index (Phi) is 8.04. The lowest BCUT2D eigenvalue weighted by molar-refractivity contribution is -0.00508. The molecule has 1 aliphatic heterocycles. The number of piperidine rings is 1. The number of nitrogens with zero attached hydrogens (tertiary/aromatic N) is 3. The van der Waals surface area contributed by atoms with E-state index in [0.29, 0.717) is 48.5 Å². The molecule has 2 N–H and O–H groups in total. The van der Waals surface area contributed by atoms with Gasteiger partial charge in [-0.2, -0.15) is 0 Å². The zero-order valence-corrected chi connectivity index (χ0v) is 19.8. The Balaban J connectivity index is 1.74. The van der Waals surface area contributed by atoms with Crippen LogP contribution in [0.25, 0.3) is 11.0 Å². The summed E-state index contributed by atoms with van der Waals surface area (Å²) in [6.45, 7) is 6.71. The number of hydrogen-bond acceptors (Lipinski definition) is 8. The average Bonchev–Trinajstić information content (AvgIpc) is 2.77. The largest absolute Gasteiger partial charge is 0.481 e. The summed E-state index contributed by atoms with van der Waals surface area (Å²) >= 11 is 0. The molecular weight excluding hydrogens is 431 g/mol. The third-order valence-electron chi connectivity index (χ3n) is 5.64. The summed E-state index contributed by atoms with van der Waals surface area (Å²) < 4.78 is 31.0. The standard InChI is InChI=1S/C23H33FN4O5/c1-23(2,3)33-22(30)26-16-8-9-28(12-18(16)31-4)11-14(13-29)20-15(24)10-25-17-6-7-19(32-5)27-21(17)20/h6-7,10,14,16,18,29H,8-9,11-13H2,1-5H3,(H,26,30)/t14?,16-,18+/m0/s1. The van der Waals surface area contributed by atoms with Gasteiger partial charge in [0.15, 0.2) is 0 Å². The molecule has 0 bridgehead atoms. The summed E-state index contributed by atoms with van der Waals surface area (Å²) in [6.07, 6.45) is 1.02. The number of methoxy groups -OCH3 is 2. The molecule has 2 aromatic rings. The van der Waals surface area contributed by atoms with Crippen molar-refractivity contribution >= 4 is 17.1 Å². The fraction of sp³-hybridized carbons (Fsp3) is 0.609. The first kappa shape index (κ1) is 25.1. The molecule has 0 saturated carbocycles. The van der Waals surface area contributed by atoms with Crippen molar-refractivity contribution in [3.05, 3.63) is 29.7 Å². The number of amides is 1. The van der Waals surface area contributed by atoms with E-state index in [-0.39, 0.29) is 18.8 Å². The van der Waals surface area contributed by atoms with Crippen molar-refractivity contribution in [1.82, 2.24) is 20.2 Å². The van der Waals surface area contributed by atoms with Crippen LogP contribution >= 0.6 is 0 Å². The van der Waals surface area contributed by atoms with Crippen LogP contribution in [0.3, 0.4) is 0 Å². The molecule has 9 nitrogen and oxygen atoms in total. The van der Waals surface area contributed by atoms with Crippen LogP contribution in [-0.4, -0.2) is 84.3 Å². The average molecular weight is 465 g/mol. The van der Waals surface area contributed by atoms with Gasteiger partial charge in [0, 0.05) is 44.3 Å². The van der Waals surface area contributed by atoms with Gasteiger partial charge in [-0.1, -0.05) is 0 Å². The molecule has 10 heteroatoms. The number of aliphatic hydroxyl groups excluding tert-OH is 1. The van der Waals surface area contributed by atoms with Crippen LogP contribution in [0.5, 0.6) is 5.88 Å². The lowest BCUT2D eigenvalue weighted by atomic mass is 9.95. The number of hydrogen-bond donors (Lipinski definition) is 2. The Labute approximate surface area is 193 Å². The minimum Gasteiger partial charge on any atom is -0.481 e. The van der Waals surface area contributed by atoms with Gasteiger partial charge < -0.3 is 24.6 Å². The molecule has 0 aliphatic carbocycles. The van der Waals surface area contributed by atoms with E-state index in [1.54, 1.807) is 19.2 Å². The van der Waals surface area contributed by atoms with Gasteiger partial charge >= 0.3 is 6.09 Å². The van der Waals surface area contributed by atoms with Crippen LogP contribution in [0.15, 0.2) is 18.3 Å². The summed E-state index contributed by atoms with van der Waals surface area (Å²) in [4.78, 5) is 22.8. The third-order valence-corrected chi connectivity index (χ3v) is 5.64. The highest BCUT2D eigenvalue weighted by Crippen LogP contribution is 2.29. The number of aromatic nitrogens is 2. The number of fused-ring (bicyclic) bond motifs is 1. The first-order valence-corrected chi connectivity index (χ1v) is 11.0. The predicted octanol–water partition coefficient (Wildman–Crippen LogP) is 2.47. The maximum absolute atomic E-state index is 14.9. The minimum atomic E-state index is -0.587. The van der Waals surface area contributed by atoms with E-state index in [0.717, 1.165) is 6.20 Å². The van der Waals surface area contributed by atoms with E-state index in [9.17, 15) is 14.3 Å². The van der Waals surface area contributed by atoms with E-state index in [4.69, 9.17) is 14.2 Å². The molecule has 3 heterocycles. The second kappa shape index (κ2) is 10.6. The highest BCUT2D eigenvalue weighted by molar-refractivity contribution is 5.79. The molecule has 1 amide bonds. The molecule has 1 saturated heterocycles. The van der Waals surface area contributed by atoms with Gasteiger partial charge in [-0.3, -0.25) is 9.88 Å². The molecule has 0 radical (unpaired) electrons. The lowest BCUT2D eigenvalue weighted by Crippen LogP contribution is -2.56. The Morgan fingerprint density at radius 1 is 1.36 bits per heavy atom. The third kappa shape index (κ3) is 6.27. The van der Waals surface area contributed by atoms with Crippen LogP contribution < -0.4 is 10.1 Å². The van der Waals surface area contributed by atoms with Gasteiger partial charge in [0.1, 0.15) is 11.4 Å². The van der Waals surface area contributed by atoms with Gasteiger partial charge in [-0.25, -0.2) is 14.2 Å². The summed E-state index contributed by atoms with van der Waals surface area (Å²) in [5, 5.41) is 13.0. The van der Waals surface area contributed by atoms with Crippen molar-refractivity contribution in [2.75, 3.05) is 40.5 Å². The van der Waals surface area contributed by atoms with Crippen molar-refractivity contribution in [2.24, 2.45) is 0 Å². The topological polar surface area (TPSA) is 106 Å². The summed E-state index contributed by atoms with van der Waals surface area (Å²) in [6, 6.07) is 3.17. The Morgan fingerprint density at radius 2 is 2.12 bits per heavy atom. The second-order valence-corrected chi connectivity index (χ2v) is 9.20. The van der Waals surface area contributed by atoms with E-state index in [1.165, 1.54) is 7.11 Å². The number of nitrogens with one attached hydrogen (secondary N) is 1. The van der Waals surface area contributed by atoms with Crippen molar-refractivity contribution in [3.63, 3.8) is 0 Å². The fourth-order valence-corrected chi connectivity index (χ4v) is 4.11. The molecule has 1 fully saturated rings. The molecular formula is C23H33FN4O5. The number of alkyl carbamates (subject to hydrolysis) is 1. The minimum absolute atomic E-state index is 0.210. The van der Waals surface area contributed by atoms with Gasteiger partial charge in [-0.05, 0) is 33.3 Å². The molecule has 0 aromatic carbocycles. The number of rotatable bonds is 7. The first-order chi connectivity index (χ1) is 15.6. The zero-order valence-electron chi connectivity index (χ0n) is 19.8. The van der Waals surface area contributed by atoms with E-state index in [2.05, 4.69) is 20.2 Å².